The van der Waals surface area contributed by atoms with Gasteiger partial charge in [-0.25, -0.2) is 8.78 Å². The Hall–Kier alpha value is -1.74. The number of hydrogen-bond donors (Lipinski definition) is 1. The Morgan fingerprint density at radius 3 is 2.75 bits per heavy atom. The summed E-state index contributed by atoms with van der Waals surface area (Å²) in [7, 11) is 0. The van der Waals surface area contributed by atoms with E-state index in [2.05, 4.69) is 4.98 Å². The first-order valence-electron chi connectivity index (χ1n) is 4.04. The van der Waals surface area contributed by atoms with Crippen LogP contribution in [-0.2, 0) is 11.2 Å². The first-order chi connectivity index (χ1) is 7.47. The number of carboxylic acid groups (broad SMARTS) is 1. The molecule has 0 atom stereocenters. The summed E-state index contributed by atoms with van der Waals surface area (Å²) in [5.74, 6) is -1.21. The number of nitrogens with zero attached hydrogens (tertiary/aromatic N) is 2. The second-order valence-electron chi connectivity index (χ2n) is 2.83. The molecule has 1 rings (SSSR count). The molecule has 0 radical (unpaired) electrons. The molecule has 0 saturated heterocycles. The molecule has 1 aromatic heterocycles. The number of carbonyl (C=O) groups is 1. The van der Waals surface area contributed by atoms with Crippen molar-refractivity contribution in [2.24, 2.45) is 0 Å². The molecule has 0 aliphatic carbocycles. The zero-order chi connectivity index (χ0) is 12.3. The molecule has 0 saturated carbocycles. The van der Waals surface area contributed by atoms with Crippen molar-refractivity contribution < 1.29 is 18.7 Å². The van der Waals surface area contributed by atoms with Gasteiger partial charge in [-0.15, -0.1) is 0 Å². The highest BCUT2D eigenvalue weighted by Gasteiger charge is 2.20. The average Bonchev–Trinajstić information content (AvgIpc) is 2.19. The van der Waals surface area contributed by atoms with E-state index in [1.807, 2.05) is 0 Å². The summed E-state index contributed by atoms with van der Waals surface area (Å²) in [5.41, 5.74) is -1.13. The molecule has 0 unspecified atom stereocenters. The maximum Gasteiger partial charge on any atom is 0.309 e. The molecule has 7 heteroatoms. The summed E-state index contributed by atoms with van der Waals surface area (Å²) >= 11 is 5.62. The maximum absolute atomic E-state index is 12.4. The number of alkyl halides is 2. The summed E-state index contributed by atoms with van der Waals surface area (Å²) in [4.78, 5) is 13.9. The van der Waals surface area contributed by atoms with Crippen molar-refractivity contribution in [1.29, 1.82) is 5.26 Å². The second kappa shape index (κ2) is 4.86. The summed E-state index contributed by atoms with van der Waals surface area (Å²) in [5, 5.41) is 16.8. The second-order valence-corrected chi connectivity index (χ2v) is 3.21. The fraction of sp³-hybridized carbons (Fsp3) is 0.222. The van der Waals surface area contributed by atoms with E-state index in [4.69, 9.17) is 22.0 Å². The number of carboxylic acids is 1. The number of aromatic nitrogens is 1. The van der Waals surface area contributed by atoms with Crippen molar-refractivity contribution in [3.8, 4) is 6.07 Å². The monoisotopic (exact) mass is 246 g/mol. The minimum Gasteiger partial charge on any atom is -0.481 e. The van der Waals surface area contributed by atoms with Gasteiger partial charge in [-0.2, -0.15) is 5.26 Å². The van der Waals surface area contributed by atoms with E-state index < -0.39 is 29.9 Å². The number of nitriles is 1. The van der Waals surface area contributed by atoms with Gasteiger partial charge in [0.05, 0.1) is 28.3 Å². The Kier molecular flexibility index (Phi) is 3.74. The van der Waals surface area contributed by atoms with E-state index in [0.29, 0.717) is 0 Å². The smallest absolute Gasteiger partial charge is 0.309 e. The van der Waals surface area contributed by atoms with Crippen LogP contribution in [0.15, 0.2) is 6.20 Å². The van der Waals surface area contributed by atoms with Crippen LogP contribution in [0.2, 0.25) is 5.02 Å². The lowest BCUT2D eigenvalue weighted by Gasteiger charge is -2.07. The Bertz CT molecular complexity index is 471. The molecule has 84 valence electrons. The molecule has 0 aromatic carbocycles. The van der Waals surface area contributed by atoms with Gasteiger partial charge in [0.2, 0.25) is 0 Å². The first kappa shape index (κ1) is 12.3. The van der Waals surface area contributed by atoms with Gasteiger partial charge in [0.25, 0.3) is 6.43 Å². The third kappa shape index (κ3) is 2.44. The number of pyridine rings is 1. The zero-order valence-corrected chi connectivity index (χ0v) is 8.50. The topological polar surface area (TPSA) is 74.0 Å². The van der Waals surface area contributed by atoms with Crippen LogP contribution in [0.1, 0.15) is 23.2 Å². The number of halogens is 3. The molecule has 0 fully saturated rings. The normalized spacial score (nSPS) is 10.2. The molecule has 0 aliphatic heterocycles. The van der Waals surface area contributed by atoms with Crippen LogP contribution in [0.25, 0.3) is 0 Å². The highest BCUT2D eigenvalue weighted by atomic mass is 35.5. The lowest BCUT2D eigenvalue weighted by molar-refractivity contribution is -0.136. The van der Waals surface area contributed by atoms with E-state index in [1.165, 1.54) is 6.07 Å². The summed E-state index contributed by atoms with van der Waals surface area (Å²) in [6.45, 7) is 0. The van der Waals surface area contributed by atoms with Crippen molar-refractivity contribution in [3.05, 3.63) is 28.0 Å². The van der Waals surface area contributed by atoms with E-state index >= 15 is 0 Å². The van der Waals surface area contributed by atoms with Gasteiger partial charge < -0.3 is 5.11 Å². The van der Waals surface area contributed by atoms with Crippen LogP contribution in [0.4, 0.5) is 8.78 Å². The molecular formula is C9H5ClF2N2O2. The van der Waals surface area contributed by atoms with Crippen LogP contribution in [0.5, 0.6) is 0 Å². The number of hydrogen-bond acceptors (Lipinski definition) is 3. The van der Waals surface area contributed by atoms with Crippen LogP contribution in [0, 0.1) is 11.3 Å². The zero-order valence-electron chi connectivity index (χ0n) is 7.75. The van der Waals surface area contributed by atoms with Gasteiger partial charge in [-0.1, -0.05) is 11.6 Å². The quantitative estimate of drug-likeness (QED) is 0.887. The van der Waals surface area contributed by atoms with Gasteiger partial charge in [0.1, 0.15) is 6.07 Å². The Morgan fingerprint density at radius 1 is 1.69 bits per heavy atom. The number of aliphatic carboxylic acids is 1. The van der Waals surface area contributed by atoms with Crippen LogP contribution in [0.3, 0.4) is 0 Å². The van der Waals surface area contributed by atoms with Gasteiger partial charge in [0.15, 0.2) is 0 Å². The minimum atomic E-state index is -2.88. The molecule has 4 nitrogen and oxygen atoms in total. The Morgan fingerprint density at radius 2 is 2.31 bits per heavy atom. The van der Waals surface area contributed by atoms with E-state index in [0.717, 1.165) is 6.20 Å². The third-order valence-electron chi connectivity index (χ3n) is 1.79. The van der Waals surface area contributed by atoms with Crippen LogP contribution < -0.4 is 0 Å². The Balaban J connectivity index is 3.30. The first-order valence-corrected chi connectivity index (χ1v) is 4.42. The number of rotatable bonds is 3. The molecule has 1 heterocycles. The van der Waals surface area contributed by atoms with Crippen molar-refractivity contribution in [3.63, 3.8) is 0 Å². The van der Waals surface area contributed by atoms with Gasteiger partial charge in [0, 0.05) is 6.20 Å². The summed E-state index contributed by atoms with van der Waals surface area (Å²) in [6, 6.07) is 1.51. The fourth-order valence-corrected chi connectivity index (χ4v) is 1.35. The van der Waals surface area contributed by atoms with Crippen molar-refractivity contribution in [2.45, 2.75) is 12.8 Å². The maximum atomic E-state index is 12.4. The van der Waals surface area contributed by atoms with Crippen molar-refractivity contribution in [1.82, 2.24) is 4.98 Å². The molecule has 16 heavy (non-hydrogen) atoms. The third-order valence-corrected chi connectivity index (χ3v) is 2.19. The highest BCUT2D eigenvalue weighted by molar-refractivity contribution is 6.32. The molecule has 0 spiro atoms. The van der Waals surface area contributed by atoms with Crippen LogP contribution >= 0.6 is 11.6 Å². The molecule has 0 amide bonds. The molecule has 0 bridgehead atoms. The highest BCUT2D eigenvalue weighted by Crippen LogP contribution is 2.29. The lowest BCUT2D eigenvalue weighted by atomic mass is 10.1. The Labute approximate surface area is 94.1 Å². The van der Waals surface area contributed by atoms with E-state index in [1.54, 1.807) is 0 Å². The van der Waals surface area contributed by atoms with Crippen molar-refractivity contribution >= 4 is 17.6 Å². The molecule has 1 aromatic rings. The van der Waals surface area contributed by atoms with Crippen molar-refractivity contribution in [2.75, 3.05) is 0 Å². The molecule has 0 aliphatic rings. The SMILES string of the molecule is N#Cc1c(C(F)F)cnc(CC(=O)O)c1Cl. The summed E-state index contributed by atoms with van der Waals surface area (Å²) in [6.07, 6.45) is -2.62. The fourth-order valence-electron chi connectivity index (χ4n) is 1.09. The average molecular weight is 247 g/mol. The van der Waals surface area contributed by atoms with Gasteiger partial charge >= 0.3 is 5.97 Å². The summed E-state index contributed by atoms with van der Waals surface area (Å²) < 4.78 is 24.8. The molecular weight excluding hydrogens is 242 g/mol. The largest absolute Gasteiger partial charge is 0.481 e. The van der Waals surface area contributed by atoms with E-state index in [9.17, 15) is 13.6 Å². The molecule has 1 N–H and O–H groups in total. The minimum absolute atomic E-state index is 0.102. The predicted molar refractivity (Wildman–Crippen MR) is 50.3 cm³/mol. The van der Waals surface area contributed by atoms with Gasteiger partial charge in [-0.05, 0) is 0 Å². The van der Waals surface area contributed by atoms with Crippen LogP contribution in [-0.4, -0.2) is 16.1 Å². The van der Waals surface area contributed by atoms with Gasteiger partial charge in [-0.3, -0.25) is 9.78 Å². The standard InChI is InChI=1S/C9H5ClF2N2O2/c10-8-4(2-13)5(9(11)12)3-14-6(8)1-7(15)16/h3,9H,1H2,(H,15,16). The lowest BCUT2D eigenvalue weighted by Crippen LogP contribution is -2.06. The van der Waals surface area contributed by atoms with E-state index in [-0.39, 0.29) is 10.7 Å². The predicted octanol–water partition coefficient (Wildman–Crippen LogP) is 2.17.